The van der Waals surface area contributed by atoms with E-state index in [2.05, 4.69) is 17.6 Å². The van der Waals surface area contributed by atoms with Crippen molar-refractivity contribution in [3.05, 3.63) is 23.9 Å². The van der Waals surface area contributed by atoms with Crippen molar-refractivity contribution in [3.63, 3.8) is 0 Å². The Morgan fingerprint density at radius 1 is 1.62 bits per heavy atom. The number of nitrogens with two attached hydrogens (primary N) is 1. The van der Waals surface area contributed by atoms with E-state index in [1.807, 2.05) is 13.0 Å². The van der Waals surface area contributed by atoms with E-state index in [1.54, 1.807) is 12.3 Å². The Hall–Kier alpha value is -1.23. The summed E-state index contributed by atoms with van der Waals surface area (Å²) in [6.07, 6.45) is 3.30. The minimum absolute atomic E-state index is 0.126. The van der Waals surface area contributed by atoms with Crippen LogP contribution in [0.1, 0.15) is 31.2 Å². The average molecular weight is 240 g/mol. The van der Waals surface area contributed by atoms with Crippen molar-refractivity contribution in [2.24, 2.45) is 0 Å². The zero-order chi connectivity index (χ0) is 12.1. The van der Waals surface area contributed by atoms with Gasteiger partial charge >= 0.3 is 5.97 Å². The van der Waals surface area contributed by atoms with Crippen molar-refractivity contribution >= 4 is 24.4 Å². The molecule has 3 N–H and O–H groups in total. The fourth-order valence-corrected chi connectivity index (χ4v) is 1.95. The van der Waals surface area contributed by atoms with Crippen LogP contribution in [-0.4, -0.2) is 21.3 Å². The summed E-state index contributed by atoms with van der Waals surface area (Å²) in [6, 6.07) is 3.50. The number of nitrogen functional groups attached to an aromatic ring is 1. The van der Waals surface area contributed by atoms with E-state index < -0.39 is 11.2 Å². The summed E-state index contributed by atoms with van der Waals surface area (Å²) < 4.78 is 0. The molecule has 0 aliphatic carbocycles. The molecule has 2 atom stereocenters. The number of rotatable bonds is 5. The number of aliphatic carboxylic acids is 1. The Labute approximate surface area is 100 Å². The summed E-state index contributed by atoms with van der Waals surface area (Å²) in [6.45, 7) is 2.01. The van der Waals surface area contributed by atoms with Crippen molar-refractivity contribution in [1.82, 2.24) is 4.98 Å². The van der Waals surface area contributed by atoms with Crippen LogP contribution < -0.4 is 5.73 Å². The highest BCUT2D eigenvalue weighted by molar-refractivity contribution is 7.81. The smallest absolute Gasteiger partial charge is 0.316 e. The summed E-state index contributed by atoms with van der Waals surface area (Å²) in [5.41, 5.74) is 6.36. The quantitative estimate of drug-likeness (QED) is 0.687. The molecule has 5 heteroatoms. The van der Waals surface area contributed by atoms with Crippen LogP contribution in [0.4, 0.5) is 5.82 Å². The summed E-state index contributed by atoms with van der Waals surface area (Å²) in [4.78, 5) is 14.9. The highest BCUT2D eigenvalue weighted by Gasteiger charge is 2.25. The van der Waals surface area contributed by atoms with Gasteiger partial charge < -0.3 is 10.8 Å². The topological polar surface area (TPSA) is 76.2 Å². The average Bonchev–Trinajstić information content (AvgIpc) is 2.26. The van der Waals surface area contributed by atoms with Gasteiger partial charge in [0.15, 0.2) is 0 Å². The van der Waals surface area contributed by atoms with Gasteiger partial charge in [0.1, 0.15) is 11.1 Å². The van der Waals surface area contributed by atoms with Crippen molar-refractivity contribution in [2.45, 2.75) is 30.9 Å². The Balaban J connectivity index is 2.92. The molecule has 0 aliphatic rings. The van der Waals surface area contributed by atoms with Crippen molar-refractivity contribution in [2.75, 3.05) is 5.73 Å². The minimum atomic E-state index is -0.904. The number of carboxylic acid groups (broad SMARTS) is 1. The number of carboxylic acids is 1. The van der Waals surface area contributed by atoms with E-state index in [9.17, 15) is 4.79 Å². The molecule has 0 bridgehead atoms. The Morgan fingerprint density at radius 3 is 2.75 bits per heavy atom. The van der Waals surface area contributed by atoms with Crippen molar-refractivity contribution in [1.29, 1.82) is 0 Å². The number of hydrogen-bond acceptors (Lipinski definition) is 4. The predicted molar refractivity (Wildman–Crippen MR) is 66.7 cm³/mol. The molecular formula is C11H16N2O2S. The van der Waals surface area contributed by atoms with Gasteiger partial charge in [-0.25, -0.2) is 4.98 Å². The lowest BCUT2D eigenvalue weighted by Gasteiger charge is -2.19. The molecule has 1 heterocycles. The van der Waals surface area contributed by atoms with Crippen molar-refractivity contribution in [3.8, 4) is 0 Å². The van der Waals surface area contributed by atoms with Gasteiger partial charge in [-0.3, -0.25) is 4.79 Å². The number of thiol groups is 1. The second-order valence-corrected chi connectivity index (χ2v) is 4.25. The molecule has 0 radical (unpaired) electrons. The first-order chi connectivity index (χ1) is 7.56. The lowest BCUT2D eigenvalue weighted by molar-refractivity contribution is -0.136. The minimum Gasteiger partial charge on any atom is -0.480 e. The predicted octanol–water partition coefficient (Wildman–Crippen LogP) is 1.93. The molecule has 0 aromatic carbocycles. The first-order valence-electron chi connectivity index (χ1n) is 5.18. The Bertz CT molecular complexity index is 354. The zero-order valence-corrected chi connectivity index (χ0v) is 10.0. The SMILES string of the molecule is CCCC(c1ccc(N)nc1)C(S)C(=O)O. The molecule has 1 aromatic rings. The second kappa shape index (κ2) is 5.75. The van der Waals surface area contributed by atoms with Crippen LogP contribution in [0.3, 0.4) is 0 Å². The molecule has 16 heavy (non-hydrogen) atoms. The molecule has 88 valence electrons. The highest BCUT2D eigenvalue weighted by atomic mass is 32.1. The van der Waals surface area contributed by atoms with Crippen LogP contribution in [0.15, 0.2) is 18.3 Å². The molecule has 0 fully saturated rings. The number of hydrogen-bond donors (Lipinski definition) is 3. The molecule has 1 aromatic heterocycles. The van der Waals surface area contributed by atoms with Gasteiger partial charge in [0.2, 0.25) is 0 Å². The third kappa shape index (κ3) is 3.13. The molecule has 4 nitrogen and oxygen atoms in total. The summed E-state index contributed by atoms with van der Waals surface area (Å²) in [5, 5.41) is 8.27. The fourth-order valence-electron chi connectivity index (χ4n) is 1.63. The van der Waals surface area contributed by atoms with Crippen LogP contribution in [0.2, 0.25) is 0 Å². The molecule has 1 rings (SSSR count). The normalized spacial score (nSPS) is 14.4. The van der Waals surface area contributed by atoms with Crippen molar-refractivity contribution < 1.29 is 9.90 Å². The largest absolute Gasteiger partial charge is 0.480 e. The number of anilines is 1. The monoisotopic (exact) mass is 240 g/mol. The van der Waals surface area contributed by atoms with Gasteiger partial charge in [-0.15, -0.1) is 0 Å². The summed E-state index contributed by atoms with van der Waals surface area (Å²) in [7, 11) is 0. The number of aromatic nitrogens is 1. The third-order valence-electron chi connectivity index (χ3n) is 2.47. The van der Waals surface area contributed by atoms with Gasteiger partial charge in [0, 0.05) is 12.1 Å². The lowest BCUT2D eigenvalue weighted by atomic mass is 9.92. The van der Waals surface area contributed by atoms with E-state index in [-0.39, 0.29) is 5.92 Å². The zero-order valence-electron chi connectivity index (χ0n) is 9.13. The fraction of sp³-hybridized carbons (Fsp3) is 0.455. The maximum atomic E-state index is 10.9. The molecular weight excluding hydrogens is 224 g/mol. The number of nitrogens with zero attached hydrogens (tertiary/aromatic N) is 1. The van der Waals surface area contributed by atoms with E-state index in [1.165, 1.54) is 0 Å². The first-order valence-corrected chi connectivity index (χ1v) is 5.70. The van der Waals surface area contributed by atoms with E-state index in [4.69, 9.17) is 10.8 Å². The van der Waals surface area contributed by atoms with E-state index in [0.29, 0.717) is 5.82 Å². The van der Waals surface area contributed by atoms with E-state index in [0.717, 1.165) is 18.4 Å². The van der Waals surface area contributed by atoms with Gasteiger partial charge in [-0.1, -0.05) is 19.4 Å². The van der Waals surface area contributed by atoms with Crippen LogP contribution in [0.5, 0.6) is 0 Å². The van der Waals surface area contributed by atoms with Gasteiger partial charge in [-0.2, -0.15) is 12.6 Å². The summed E-state index contributed by atoms with van der Waals surface area (Å²) >= 11 is 4.13. The van der Waals surface area contributed by atoms with Gasteiger partial charge in [0.05, 0.1) is 0 Å². The second-order valence-electron chi connectivity index (χ2n) is 3.69. The maximum Gasteiger partial charge on any atom is 0.316 e. The lowest BCUT2D eigenvalue weighted by Crippen LogP contribution is -2.22. The van der Waals surface area contributed by atoms with Gasteiger partial charge in [-0.05, 0) is 18.1 Å². The highest BCUT2D eigenvalue weighted by Crippen LogP contribution is 2.28. The van der Waals surface area contributed by atoms with E-state index >= 15 is 0 Å². The molecule has 0 spiro atoms. The van der Waals surface area contributed by atoms with Crippen LogP contribution >= 0.6 is 12.6 Å². The number of carbonyl (C=O) groups is 1. The molecule has 2 unspecified atom stereocenters. The Morgan fingerprint density at radius 2 is 2.31 bits per heavy atom. The van der Waals surface area contributed by atoms with Crippen LogP contribution in [-0.2, 0) is 4.79 Å². The van der Waals surface area contributed by atoms with Crippen LogP contribution in [0, 0.1) is 0 Å². The first kappa shape index (κ1) is 12.8. The van der Waals surface area contributed by atoms with Gasteiger partial charge in [0.25, 0.3) is 0 Å². The molecule has 0 saturated heterocycles. The summed E-state index contributed by atoms with van der Waals surface area (Å²) in [5.74, 6) is -0.595. The number of pyridine rings is 1. The van der Waals surface area contributed by atoms with Crippen LogP contribution in [0.25, 0.3) is 0 Å². The molecule has 0 amide bonds. The molecule has 0 saturated carbocycles. The standard InChI is InChI=1S/C11H16N2O2S/c1-2-3-8(10(16)11(14)15)7-4-5-9(12)13-6-7/h4-6,8,10,16H,2-3H2,1H3,(H2,12,13)(H,14,15). The third-order valence-corrected chi connectivity index (χ3v) is 3.05. The maximum absolute atomic E-state index is 10.9. The Kier molecular flexibility index (Phi) is 4.61. The molecule has 0 aliphatic heterocycles.